The van der Waals surface area contributed by atoms with E-state index in [-0.39, 0.29) is 0 Å². The number of hydrogen-bond acceptors (Lipinski definition) is 5. The molecule has 25 heavy (non-hydrogen) atoms. The molecule has 0 aliphatic carbocycles. The van der Waals surface area contributed by atoms with Gasteiger partial charge in [-0.3, -0.25) is 9.58 Å². The normalized spacial score (nSPS) is 22.2. The van der Waals surface area contributed by atoms with Crippen LogP contribution in [0, 0.1) is 5.92 Å². The lowest BCUT2D eigenvalue weighted by atomic mass is 10.0. The molecule has 136 valence electrons. The summed E-state index contributed by atoms with van der Waals surface area (Å²) in [5.41, 5.74) is 1.27. The Kier molecular flexibility index (Phi) is 5.49. The van der Waals surface area contributed by atoms with E-state index < -0.39 is 0 Å². The highest BCUT2D eigenvalue weighted by Crippen LogP contribution is 2.25. The zero-order chi connectivity index (χ0) is 16.9. The van der Waals surface area contributed by atoms with Gasteiger partial charge in [0.2, 0.25) is 0 Å². The topological polar surface area (TPSA) is 52.7 Å². The summed E-state index contributed by atoms with van der Waals surface area (Å²) in [7, 11) is 0. The molecule has 0 bridgehead atoms. The molecule has 0 saturated carbocycles. The standard InChI is InChI=1S/C19H27N3O3/c1-2-19(25-8-1)14-21-12-17-3-7-20-22(17)18(13-21)6-11-24-15-16-4-9-23-10-5-16/h1-3,7-8,16,18H,4-6,9-15H2. The van der Waals surface area contributed by atoms with Crippen LogP contribution >= 0.6 is 0 Å². The monoisotopic (exact) mass is 345 g/mol. The summed E-state index contributed by atoms with van der Waals surface area (Å²) in [5, 5.41) is 4.53. The van der Waals surface area contributed by atoms with E-state index in [0.717, 1.165) is 71.1 Å². The van der Waals surface area contributed by atoms with Crippen molar-refractivity contribution in [1.82, 2.24) is 14.7 Å². The molecule has 2 aromatic heterocycles. The Hall–Kier alpha value is -1.63. The Morgan fingerprint density at radius 2 is 2.16 bits per heavy atom. The van der Waals surface area contributed by atoms with Gasteiger partial charge in [-0.15, -0.1) is 0 Å². The summed E-state index contributed by atoms with van der Waals surface area (Å²) in [6, 6.07) is 6.47. The minimum Gasteiger partial charge on any atom is -0.468 e. The van der Waals surface area contributed by atoms with Crippen LogP contribution in [0.5, 0.6) is 0 Å². The van der Waals surface area contributed by atoms with Crippen LogP contribution in [0.3, 0.4) is 0 Å². The van der Waals surface area contributed by atoms with E-state index in [9.17, 15) is 0 Å². The second kappa shape index (κ2) is 8.17. The van der Waals surface area contributed by atoms with E-state index in [1.54, 1.807) is 6.26 Å². The first-order valence-corrected chi connectivity index (χ1v) is 9.31. The highest BCUT2D eigenvalue weighted by Gasteiger charge is 2.26. The van der Waals surface area contributed by atoms with Crippen LogP contribution in [0.2, 0.25) is 0 Å². The molecule has 1 fully saturated rings. The lowest BCUT2D eigenvalue weighted by molar-refractivity contribution is 0.0153. The quantitative estimate of drug-likeness (QED) is 0.722. The molecule has 0 spiro atoms. The van der Waals surface area contributed by atoms with Gasteiger partial charge in [-0.05, 0) is 43.4 Å². The van der Waals surface area contributed by atoms with Gasteiger partial charge in [0.1, 0.15) is 5.76 Å². The number of hydrogen-bond donors (Lipinski definition) is 0. The smallest absolute Gasteiger partial charge is 0.117 e. The highest BCUT2D eigenvalue weighted by atomic mass is 16.5. The van der Waals surface area contributed by atoms with Crippen LogP contribution in [-0.4, -0.2) is 47.7 Å². The van der Waals surface area contributed by atoms with Gasteiger partial charge in [0.15, 0.2) is 0 Å². The molecule has 2 aliphatic rings. The van der Waals surface area contributed by atoms with Crippen LogP contribution < -0.4 is 0 Å². The van der Waals surface area contributed by atoms with E-state index in [0.29, 0.717) is 12.0 Å². The molecule has 6 heteroatoms. The largest absolute Gasteiger partial charge is 0.468 e. The van der Waals surface area contributed by atoms with Crippen LogP contribution in [0.25, 0.3) is 0 Å². The average molecular weight is 345 g/mol. The number of furan rings is 1. The third-order valence-electron chi connectivity index (χ3n) is 5.20. The van der Waals surface area contributed by atoms with Crippen molar-refractivity contribution < 1.29 is 13.9 Å². The lowest BCUT2D eigenvalue weighted by Gasteiger charge is -2.33. The predicted molar refractivity (Wildman–Crippen MR) is 93.1 cm³/mol. The predicted octanol–water partition coefficient (Wildman–Crippen LogP) is 2.87. The zero-order valence-corrected chi connectivity index (χ0v) is 14.7. The van der Waals surface area contributed by atoms with Crippen molar-refractivity contribution in [2.24, 2.45) is 5.92 Å². The molecule has 4 heterocycles. The van der Waals surface area contributed by atoms with Gasteiger partial charge in [-0.1, -0.05) is 0 Å². The second-order valence-electron chi connectivity index (χ2n) is 7.09. The average Bonchev–Trinajstić information content (AvgIpc) is 3.31. The first kappa shape index (κ1) is 16.8. The molecule has 0 radical (unpaired) electrons. The van der Waals surface area contributed by atoms with Crippen LogP contribution in [0.1, 0.15) is 36.8 Å². The maximum absolute atomic E-state index is 5.97. The molecule has 0 amide bonds. The molecule has 1 unspecified atom stereocenters. The molecule has 4 rings (SSSR count). The molecule has 1 atom stereocenters. The summed E-state index contributed by atoms with van der Waals surface area (Å²) >= 11 is 0. The van der Waals surface area contributed by atoms with E-state index in [1.165, 1.54) is 5.69 Å². The molecular formula is C19H27N3O3. The summed E-state index contributed by atoms with van der Waals surface area (Å²) in [4.78, 5) is 2.43. The van der Waals surface area contributed by atoms with Gasteiger partial charge in [0.05, 0.1) is 24.5 Å². The molecule has 6 nitrogen and oxygen atoms in total. The van der Waals surface area contributed by atoms with Crippen molar-refractivity contribution in [2.75, 3.05) is 33.0 Å². The molecular weight excluding hydrogens is 318 g/mol. The maximum Gasteiger partial charge on any atom is 0.117 e. The number of aromatic nitrogens is 2. The van der Waals surface area contributed by atoms with Gasteiger partial charge in [0, 0.05) is 45.7 Å². The SMILES string of the molecule is c1coc(CN2Cc3ccnn3C(CCOCC3CCOCC3)C2)c1. The molecule has 2 aromatic rings. The fourth-order valence-electron chi connectivity index (χ4n) is 3.80. The van der Waals surface area contributed by atoms with Crippen molar-refractivity contribution in [3.05, 3.63) is 42.1 Å². The summed E-state index contributed by atoms with van der Waals surface area (Å²) in [6.07, 6.45) is 6.90. The van der Waals surface area contributed by atoms with Gasteiger partial charge in [-0.2, -0.15) is 5.10 Å². The van der Waals surface area contributed by atoms with E-state index >= 15 is 0 Å². The van der Waals surface area contributed by atoms with Crippen molar-refractivity contribution in [3.63, 3.8) is 0 Å². The summed E-state index contributed by atoms with van der Waals surface area (Å²) in [6.45, 7) is 6.16. The van der Waals surface area contributed by atoms with Gasteiger partial charge < -0.3 is 13.9 Å². The Labute approximate surface area is 148 Å². The number of fused-ring (bicyclic) bond motifs is 1. The van der Waals surface area contributed by atoms with Crippen molar-refractivity contribution >= 4 is 0 Å². The van der Waals surface area contributed by atoms with Gasteiger partial charge in [-0.25, -0.2) is 0 Å². The molecule has 1 saturated heterocycles. The molecule has 0 N–H and O–H groups in total. The van der Waals surface area contributed by atoms with E-state index in [1.807, 2.05) is 18.3 Å². The van der Waals surface area contributed by atoms with Crippen LogP contribution in [0.15, 0.2) is 35.1 Å². The summed E-state index contributed by atoms with van der Waals surface area (Å²) in [5.74, 6) is 1.68. The second-order valence-corrected chi connectivity index (χ2v) is 7.09. The third-order valence-corrected chi connectivity index (χ3v) is 5.20. The lowest BCUT2D eigenvalue weighted by Crippen LogP contribution is -2.37. The zero-order valence-electron chi connectivity index (χ0n) is 14.7. The molecule has 0 aromatic carbocycles. The van der Waals surface area contributed by atoms with Crippen molar-refractivity contribution in [1.29, 1.82) is 0 Å². The first-order chi connectivity index (χ1) is 12.4. The highest BCUT2D eigenvalue weighted by molar-refractivity contribution is 5.06. The fourth-order valence-corrected chi connectivity index (χ4v) is 3.80. The number of rotatable bonds is 7. The third kappa shape index (κ3) is 4.32. The van der Waals surface area contributed by atoms with Crippen molar-refractivity contribution in [2.45, 2.75) is 38.4 Å². The van der Waals surface area contributed by atoms with E-state index in [4.69, 9.17) is 13.9 Å². The Morgan fingerprint density at radius 3 is 3.00 bits per heavy atom. The Bertz CT molecular complexity index is 634. The Morgan fingerprint density at radius 1 is 1.24 bits per heavy atom. The fraction of sp³-hybridized carbons (Fsp3) is 0.632. The summed E-state index contributed by atoms with van der Waals surface area (Å²) < 4.78 is 19.1. The first-order valence-electron chi connectivity index (χ1n) is 9.31. The molecule has 2 aliphatic heterocycles. The minimum atomic E-state index is 0.364. The number of nitrogens with zero attached hydrogens (tertiary/aromatic N) is 3. The van der Waals surface area contributed by atoms with Crippen LogP contribution in [-0.2, 0) is 22.6 Å². The van der Waals surface area contributed by atoms with Crippen LogP contribution in [0.4, 0.5) is 0 Å². The van der Waals surface area contributed by atoms with Gasteiger partial charge >= 0.3 is 0 Å². The minimum absolute atomic E-state index is 0.364. The maximum atomic E-state index is 5.97. The van der Waals surface area contributed by atoms with Gasteiger partial charge in [0.25, 0.3) is 0 Å². The van der Waals surface area contributed by atoms with E-state index in [2.05, 4.69) is 20.7 Å². The van der Waals surface area contributed by atoms with Crippen molar-refractivity contribution in [3.8, 4) is 0 Å². The number of ether oxygens (including phenoxy) is 2. The Balaban J connectivity index is 1.29.